The number of nitrogens with zero attached hydrogens (tertiary/aromatic N) is 1. The van der Waals surface area contributed by atoms with E-state index >= 15 is 0 Å². The molecule has 7 nitrogen and oxygen atoms in total. The number of likely N-dealkylation sites (N-methyl/N-ethyl adjacent to an activating group) is 1. The van der Waals surface area contributed by atoms with Crippen LogP contribution in [0.3, 0.4) is 0 Å². The number of aromatic nitrogens is 2. The zero-order valence-electron chi connectivity index (χ0n) is 15.9. The molecule has 0 aliphatic heterocycles. The Balaban J connectivity index is 1.70. The van der Waals surface area contributed by atoms with Crippen molar-refractivity contribution in [3.63, 3.8) is 0 Å². The summed E-state index contributed by atoms with van der Waals surface area (Å²) in [5, 5.41) is 2.90. The summed E-state index contributed by atoms with van der Waals surface area (Å²) in [6.45, 7) is 4.47. The first kappa shape index (κ1) is 18.7. The van der Waals surface area contributed by atoms with Crippen molar-refractivity contribution in [2.75, 3.05) is 19.5 Å². The monoisotopic (exact) mass is 368 g/mol. The summed E-state index contributed by atoms with van der Waals surface area (Å²) in [7, 11) is 3.55. The maximum Gasteiger partial charge on any atom is 0.323 e. The molecule has 0 spiro atoms. The van der Waals surface area contributed by atoms with Crippen molar-refractivity contribution in [1.29, 1.82) is 0 Å². The number of hydrogen-bond donors (Lipinski definition) is 3. The number of H-pyrrole nitrogens is 2. The van der Waals surface area contributed by atoms with Gasteiger partial charge in [-0.25, -0.2) is 4.79 Å². The number of rotatable bonds is 6. The molecule has 2 aromatic carbocycles. The van der Waals surface area contributed by atoms with Gasteiger partial charge in [-0.2, -0.15) is 0 Å². The summed E-state index contributed by atoms with van der Waals surface area (Å²) in [4.78, 5) is 31.3. The van der Waals surface area contributed by atoms with Crippen LogP contribution in [0, 0.1) is 6.92 Å². The number of carbonyl (C=O) groups is 1. The quantitative estimate of drug-likeness (QED) is 0.624. The molecule has 7 heteroatoms. The van der Waals surface area contributed by atoms with Crippen molar-refractivity contribution in [2.45, 2.75) is 26.4 Å². The van der Waals surface area contributed by atoms with Gasteiger partial charge in [-0.15, -0.1) is 0 Å². The number of hydrogen-bond acceptors (Lipinski definition) is 4. The van der Waals surface area contributed by atoms with E-state index in [1.807, 2.05) is 37.9 Å². The van der Waals surface area contributed by atoms with Gasteiger partial charge in [0, 0.05) is 17.8 Å². The van der Waals surface area contributed by atoms with Crippen molar-refractivity contribution in [2.24, 2.45) is 0 Å². The van der Waals surface area contributed by atoms with E-state index < -0.39 is 0 Å². The summed E-state index contributed by atoms with van der Waals surface area (Å²) in [6, 6.07) is 10.9. The zero-order valence-corrected chi connectivity index (χ0v) is 15.9. The number of fused-ring (bicyclic) bond motifs is 1. The topological polar surface area (TPSA) is 90.2 Å². The highest BCUT2D eigenvalue weighted by atomic mass is 16.5. The van der Waals surface area contributed by atoms with Crippen LogP contribution in [0.15, 0.2) is 41.2 Å². The molecule has 142 valence electrons. The number of aromatic amines is 2. The molecule has 1 atom stereocenters. The van der Waals surface area contributed by atoms with Crippen molar-refractivity contribution < 1.29 is 9.53 Å². The van der Waals surface area contributed by atoms with E-state index in [0.29, 0.717) is 23.3 Å². The highest BCUT2D eigenvalue weighted by Crippen LogP contribution is 2.22. The highest BCUT2D eigenvalue weighted by molar-refractivity contribution is 5.96. The first-order valence-corrected chi connectivity index (χ1v) is 8.74. The van der Waals surface area contributed by atoms with Crippen molar-refractivity contribution in [1.82, 2.24) is 14.9 Å². The van der Waals surface area contributed by atoms with E-state index in [0.717, 1.165) is 16.9 Å². The average Bonchev–Trinajstić information content (AvgIpc) is 3.00. The molecule has 0 fully saturated rings. The third kappa shape index (κ3) is 4.20. The Kier molecular flexibility index (Phi) is 5.32. The maximum atomic E-state index is 12.6. The van der Waals surface area contributed by atoms with Crippen molar-refractivity contribution in [3.05, 3.63) is 58.0 Å². The molecule has 27 heavy (non-hydrogen) atoms. The molecule has 3 rings (SSSR count). The second kappa shape index (κ2) is 7.67. The number of ether oxygens (including phenoxy) is 1. The molecule has 0 aliphatic carbocycles. The van der Waals surface area contributed by atoms with Crippen LogP contribution < -0.4 is 15.7 Å². The van der Waals surface area contributed by atoms with Gasteiger partial charge in [0.1, 0.15) is 5.75 Å². The van der Waals surface area contributed by atoms with Crippen LogP contribution in [-0.2, 0) is 11.3 Å². The number of methoxy groups -OCH3 is 1. The summed E-state index contributed by atoms with van der Waals surface area (Å²) >= 11 is 0. The Morgan fingerprint density at radius 1 is 1.19 bits per heavy atom. The van der Waals surface area contributed by atoms with E-state index in [2.05, 4.69) is 21.4 Å². The molecule has 0 aliphatic rings. The van der Waals surface area contributed by atoms with Crippen molar-refractivity contribution >= 4 is 22.6 Å². The highest BCUT2D eigenvalue weighted by Gasteiger charge is 2.20. The van der Waals surface area contributed by atoms with E-state index in [4.69, 9.17) is 4.74 Å². The lowest BCUT2D eigenvalue weighted by molar-refractivity contribution is -0.120. The molecular weight excluding hydrogens is 344 g/mol. The predicted octanol–water partition coefficient (Wildman–Crippen LogP) is 2.63. The second-order valence-corrected chi connectivity index (χ2v) is 6.74. The Morgan fingerprint density at radius 2 is 1.93 bits per heavy atom. The van der Waals surface area contributed by atoms with Crippen LogP contribution in [-0.4, -0.2) is 41.0 Å². The second-order valence-electron chi connectivity index (χ2n) is 6.74. The lowest BCUT2D eigenvalue weighted by atomic mass is 10.1. The fourth-order valence-corrected chi connectivity index (χ4v) is 2.99. The molecule has 1 heterocycles. The van der Waals surface area contributed by atoms with Crippen molar-refractivity contribution in [3.8, 4) is 5.75 Å². The normalized spacial score (nSPS) is 12.3. The van der Waals surface area contributed by atoms with Crippen LogP contribution in [0.1, 0.15) is 18.1 Å². The Hall–Kier alpha value is -3.06. The molecule has 1 aromatic heterocycles. The summed E-state index contributed by atoms with van der Waals surface area (Å²) in [5.74, 6) is 0.684. The Labute approximate surface area is 157 Å². The fraction of sp³-hybridized carbons (Fsp3) is 0.300. The minimum atomic E-state index is -0.351. The number of nitrogens with one attached hydrogen (secondary N) is 3. The third-order valence-corrected chi connectivity index (χ3v) is 4.68. The molecule has 3 aromatic rings. The van der Waals surface area contributed by atoms with Crippen LogP contribution in [0.4, 0.5) is 5.69 Å². The number of amides is 1. The molecule has 0 saturated carbocycles. The first-order valence-electron chi connectivity index (χ1n) is 8.74. The number of aryl methyl sites for hydroxylation is 1. The van der Waals surface area contributed by atoms with Crippen LogP contribution in [0.2, 0.25) is 0 Å². The SMILES string of the molecule is COc1ccc(C)cc1CN(C)[C@H](C)C(=O)Nc1ccc2[nH]c(=O)[nH]c2c1. The lowest BCUT2D eigenvalue weighted by Gasteiger charge is -2.25. The largest absolute Gasteiger partial charge is 0.496 e. The number of imidazole rings is 1. The molecule has 0 unspecified atom stereocenters. The smallest absolute Gasteiger partial charge is 0.323 e. The number of carbonyl (C=O) groups excluding carboxylic acids is 1. The van der Waals surface area contributed by atoms with Gasteiger partial charge in [-0.1, -0.05) is 17.7 Å². The fourth-order valence-electron chi connectivity index (χ4n) is 2.99. The van der Waals surface area contributed by atoms with E-state index in [1.165, 1.54) is 0 Å². The summed E-state index contributed by atoms with van der Waals surface area (Å²) in [6.07, 6.45) is 0. The summed E-state index contributed by atoms with van der Waals surface area (Å²) in [5.41, 5.74) is 3.90. The number of benzene rings is 2. The molecule has 0 saturated heterocycles. The number of anilines is 1. The predicted molar refractivity (Wildman–Crippen MR) is 106 cm³/mol. The molecule has 3 N–H and O–H groups in total. The minimum Gasteiger partial charge on any atom is -0.496 e. The van der Waals surface area contributed by atoms with E-state index in [9.17, 15) is 9.59 Å². The van der Waals surface area contributed by atoms with Crippen LogP contribution in [0.5, 0.6) is 5.75 Å². The third-order valence-electron chi connectivity index (χ3n) is 4.68. The van der Waals surface area contributed by atoms with Gasteiger partial charge in [0.15, 0.2) is 0 Å². The molecule has 0 bridgehead atoms. The van der Waals surface area contributed by atoms with Gasteiger partial charge in [-0.05, 0) is 45.2 Å². The Morgan fingerprint density at radius 3 is 2.67 bits per heavy atom. The molecular formula is C20H24N4O3. The molecule has 0 radical (unpaired) electrons. The van der Waals surface area contributed by atoms with Gasteiger partial charge in [-0.3, -0.25) is 9.69 Å². The van der Waals surface area contributed by atoms with Gasteiger partial charge in [0.25, 0.3) is 0 Å². The van der Waals surface area contributed by atoms with Crippen LogP contribution in [0.25, 0.3) is 11.0 Å². The molecule has 1 amide bonds. The van der Waals surface area contributed by atoms with Gasteiger partial charge >= 0.3 is 5.69 Å². The van der Waals surface area contributed by atoms with Gasteiger partial charge in [0.05, 0.1) is 24.2 Å². The first-order chi connectivity index (χ1) is 12.9. The zero-order chi connectivity index (χ0) is 19.6. The average molecular weight is 368 g/mol. The van der Waals surface area contributed by atoms with Gasteiger partial charge in [0.2, 0.25) is 5.91 Å². The van der Waals surface area contributed by atoms with Crippen LogP contribution >= 0.6 is 0 Å². The Bertz CT molecular complexity index is 1020. The van der Waals surface area contributed by atoms with E-state index in [1.54, 1.807) is 25.3 Å². The lowest BCUT2D eigenvalue weighted by Crippen LogP contribution is -2.39. The van der Waals surface area contributed by atoms with Gasteiger partial charge < -0.3 is 20.0 Å². The van der Waals surface area contributed by atoms with E-state index in [-0.39, 0.29) is 17.6 Å². The summed E-state index contributed by atoms with van der Waals surface area (Å²) < 4.78 is 5.42. The standard InChI is InChI=1S/C20H24N4O3/c1-12-5-8-18(27-4)14(9-12)11-24(3)13(2)19(25)21-15-6-7-16-17(10-15)23-20(26)22-16/h5-10,13H,11H2,1-4H3,(H,21,25)(H2,22,23,26)/t13-/m1/s1. The minimum absolute atomic E-state index is 0.124. The maximum absolute atomic E-state index is 12.6.